The van der Waals surface area contributed by atoms with Gasteiger partial charge in [0, 0.05) is 35.0 Å². The number of carbonyl (C=O) groups is 1. The summed E-state index contributed by atoms with van der Waals surface area (Å²) in [5.41, 5.74) is 5.31. The highest BCUT2D eigenvalue weighted by Crippen LogP contribution is 2.43. The molecule has 0 saturated heterocycles. The van der Waals surface area contributed by atoms with Gasteiger partial charge in [-0.15, -0.1) is 0 Å². The first-order valence-electron chi connectivity index (χ1n) is 13.7. The van der Waals surface area contributed by atoms with E-state index in [-0.39, 0.29) is 17.8 Å². The Hall–Kier alpha value is -3.64. The van der Waals surface area contributed by atoms with Crippen LogP contribution in [-0.4, -0.2) is 36.3 Å². The van der Waals surface area contributed by atoms with Crippen LogP contribution in [0.1, 0.15) is 53.5 Å². The molecule has 2 aromatic carbocycles. The van der Waals surface area contributed by atoms with E-state index >= 15 is 0 Å². The molecule has 2 aromatic heterocycles. The van der Waals surface area contributed by atoms with E-state index in [1.807, 2.05) is 45.0 Å². The molecule has 6 heteroatoms. The summed E-state index contributed by atoms with van der Waals surface area (Å²) >= 11 is 0. The minimum Gasteiger partial charge on any atom is -0.460 e. The van der Waals surface area contributed by atoms with Crippen molar-refractivity contribution < 1.29 is 18.7 Å². The van der Waals surface area contributed by atoms with Crippen molar-refractivity contribution in [3.8, 4) is 22.5 Å². The van der Waals surface area contributed by atoms with E-state index in [9.17, 15) is 4.79 Å². The molecule has 0 atom stereocenters. The summed E-state index contributed by atoms with van der Waals surface area (Å²) in [4.78, 5) is 16.6. The molecule has 0 unspecified atom stereocenters. The molecule has 4 rings (SSSR count). The van der Waals surface area contributed by atoms with Crippen LogP contribution in [0.2, 0.25) is 0 Å². The Balaban J connectivity index is 1.55. The second-order valence-corrected chi connectivity index (χ2v) is 11.7. The average molecular weight is 529 g/mol. The number of nitrogens with one attached hydrogen (secondary N) is 1. The molecule has 0 amide bonds. The number of benzene rings is 2. The summed E-state index contributed by atoms with van der Waals surface area (Å²) in [6.45, 7) is 13.5. The first kappa shape index (κ1) is 28.4. The van der Waals surface area contributed by atoms with Crippen LogP contribution < -0.4 is 5.32 Å². The van der Waals surface area contributed by atoms with Gasteiger partial charge in [0.05, 0.1) is 25.0 Å². The van der Waals surface area contributed by atoms with Crippen molar-refractivity contribution in [1.29, 1.82) is 0 Å². The molecule has 2 heterocycles. The summed E-state index contributed by atoms with van der Waals surface area (Å²) < 4.78 is 17.6. The van der Waals surface area contributed by atoms with Crippen LogP contribution in [0.25, 0.3) is 33.6 Å². The number of aryl methyl sites for hydroxylation is 1. The Morgan fingerprint density at radius 2 is 1.67 bits per heavy atom. The quantitative estimate of drug-likeness (QED) is 0.157. The lowest BCUT2D eigenvalue weighted by molar-refractivity contribution is -0.156. The molecule has 0 aliphatic carbocycles. The predicted molar refractivity (Wildman–Crippen MR) is 158 cm³/mol. The third kappa shape index (κ3) is 7.48. The van der Waals surface area contributed by atoms with Gasteiger partial charge in [0.2, 0.25) is 5.71 Å². The Bertz CT molecular complexity index is 1380. The number of aromatic nitrogens is 1. The van der Waals surface area contributed by atoms with Gasteiger partial charge < -0.3 is 19.2 Å². The highest BCUT2D eigenvalue weighted by atomic mass is 16.6. The maximum absolute atomic E-state index is 12.0. The number of fused-ring (bicyclic) bond motifs is 1. The number of esters is 1. The number of ether oxygens (including phenoxy) is 2. The van der Waals surface area contributed by atoms with Crippen LogP contribution in [0.15, 0.2) is 71.3 Å². The predicted octanol–water partition coefficient (Wildman–Crippen LogP) is 7.91. The zero-order valence-corrected chi connectivity index (χ0v) is 24.0. The van der Waals surface area contributed by atoms with Crippen LogP contribution >= 0.6 is 0 Å². The van der Waals surface area contributed by atoms with Gasteiger partial charge in [-0.2, -0.15) is 0 Å². The van der Waals surface area contributed by atoms with Gasteiger partial charge in [-0.25, -0.2) is 4.98 Å². The fourth-order valence-electron chi connectivity index (χ4n) is 4.43. The molecule has 0 bridgehead atoms. The van der Waals surface area contributed by atoms with Crippen LogP contribution in [0, 0.1) is 5.41 Å². The standard InChI is InChI=1S/C33H40N2O4/c1-7-23-13-15-24(16-14-23)28-29-26(17-19-34-31(29)38-30(28)25-11-9-8-10-12-25)35-21-33(5,6)22-37-20-18-27(36)39-32(2,3)4/h8-17,19H,7,18,20-22H2,1-6H3,(H,34,35). The number of anilines is 1. The zero-order chi connectivity index (χ0) is 28.0. The molecule has 0 spiro atoms. The van der Waals surface area contributed by atoms with Crippen LogP contribution in [0.5, 0.6) is 0 Å². The molecule has 6 nitrogen and oxygen atoms in total. The molecule has 0 aliphatic rings. The molecule has 206 valence electrons. The Morgan fingerprint density at radius 1 is 0.949 bits per heavy atom. The molecule has 0 radical (unpaired) electrons. The number of hydrogen-bond acceptors (Lipinski definition) is 6. The molecular formula is C33H40N2O4. The fraction of sp³-hybridized carbons (Fsp3) is 0.394. The molecule has 1 N–H and O–H groups in total. The molecule has 39 heavy (non-hydrogen) atoms. The number of pyridine rings is 1. The van der Waals surface area contributed by atoms with E-state index in [0.29, 0.717) is 25.5 Å². The molecule has 0 aliphatic heterocycles. The summed E-state index contributed by atoms with van der Waals surface area (Å²) in [5, 5.41) is 4.59. The third-order valence-electron chi connectivity index (χ3n) is 6.40. The highest BCUT2D eigenvalue weighted by Gasteiger charge is 2.24. The van der Waals surface area contributed by atoms with Crippen LogP contribution in [-0.2, 0) is 20.7 Å². The number of furan rings is 1. The first-order valence-corrected chi connectivity index (χ1v) is 13.7. The normalized spacial score (nSPS) is 12.1. The SMILES string of the molecule is CCc1ccc(-c2c(-c3ccccc3)oc3nccc(NCC(C)(C)COCCC(=O)OC(C)(C)C)c23)cc1. The van der Waals surface area contributed by atoms with Crippen molar-refractivity contribution >= 4 is 22.8 Å². The summed E-state index contributed by atoms with van der Waals surface area (Å²) in [6, 6.07) is 20.8. The van der Waals surface area contributed by atoms with Gasteiger partial charge >= 0.3 is 5.97 Å². The molecule has 0 saturated carbocycles. The van der Waals surface area contributed by atoms with Crippen molar-refractivity contribution in [2.24, 2.45) is 5.41 Å². The van der Waals surface area contributed by atoms with E-state index in [1.54, 1.807) is 6.20 Å². The van der Waals surface area contributed by atoms with Crippen molar-refractivity contribution in [3.05, 3.63) is 72.4 Å². The maximum atomic E-state index is 12.0. The van der Waals surface area contributed by atoms with Gasteiger partial charge in [-0.1, -0.05) is 75.4 Å². The first-order chi connectivity index (χ1) is 18.6. The van der Waals surface area contributed by atoms with Crippen molar-refractivity contribution in [2.75, 3.05) is 25.1 Å². The number of nitrogens with zero attached hydrogens (tertiary/aromatic N) is 1. The van der Waals surface area contributed by atoms with Gasteiger partial charge in [0.15, 0.2) is 0 Å². The monoisotopic (exact) mass is 528 g/mol. The second-order valence-electron chi connectivity index (χ2n) is 11.7. The molecular weight excluding hydrogens is 488 g/mol. The lowest BCUT2D eigenvalue weighted by Crippen LogP contribution is -2.29. The fourth-order valence-corrected chi connectivity index (χ4v) is 4.43. The zero-order valence-electron chi connectivity index (χ0n) is 24.0. The van der Waals surface area contributed by atoms with E-state index in [1.165, 1.54) is 5.56 Å². The molecule has 4 aromatic rings. The molecule has 0 fully saturated rings. The highest BCUT2D eigenvalue weighted by molar-refractivity contribution is 6.06. The lowest BCUT2D eigenvalue weighted by Gasteiger charge is -2.26. The Labute approximate surface area is 231 Å². The van der Waals surface area contributed by atoms with E-state index in [4.69, 9.17) is 13.9 Å². The van der Waals surface area contributed by atoms with Gasteiger partial charge in [0.1, 0.15) is 11.4 Å². The van der Waals surface area contributed by atoms with Crippen LogP contribution in [0.4, 0.5) is 5.69 Å². The summed E-state index contributed by atoms with van der Waals surface area (Å²) in [6.07, 6.45) is 3.00. The minimum absolute atomic E-state index is 0.182. The second kappa shape index (κ2) is 12.0. The average Bonchev–Trinajstić information content (AvgIpc) is 3.30. The maximum Gasteiger partial charge on any atom is 0.308 e. The smallest absolute Gasteiger partial charge is 0.308 e. The lowest BCUT2D eigenvalue weighted by atomic mass is 9.94. The van der Waals surface area contributed by atoms with E-state index < -0.39 is 5.60 Å². The Morgan fingerprint density at radius 3 is 2.33 bits per heavy atom. The summed E-state index contributed by atoms with van der Waals surface area (Å²) in [7, 11) is 0. The van der Waals surface area contributed by atoms with Gasteiger partial charge in [-0.3, -0.25) is 4.79 Å². The van der Waals surface area contributed by atoms with Crippen LogP contribution in [0.3, 0.4) is 0 Å². The van der Waals surface area contributed by atoms with Crippen molar-refractivity contribution in [3.63, 3.8) is 0 Å². The summed E-state index contributed by atoms with van der Waals surface area (Å²) in [5.74, 6) is 0.563. The number of rotatable bonds is 11. The van der Waals surface area contributed by atoms with Gasteiger partial charge in [-0.05, 0) is 44.4 Å². The van der Waals surface area contributed by atoms with Crippen molar-refractivity contribution in [1.82, 2.24) is 4.98 Å². The minimum atomic E-state index is -0.486. The largest absolute Gasteiger partial charge is 0.460 e. The number of hydrogen-bond donors (Lipinski definition) is 1. The van der Waals surface area contributed by atoms with Crippen molar-refractivity contribution in [2.45, 2.75) is 60.0 Å². The van der Waals surface area contributed by atoms with E-state index in [2.05, 4.69) is 67.5 Å². The van der Waals surface area contributed by atoms with Gasteiger partial charge in [0.25, 0.3) is 0 Å². The third-order valence-corrected chi connectivity index (χ3v) is 6.40. The topological polar surface area (TPSA) is 73.6 Å². The number of carbonyl (C=O) groups excluding carboxylic acids is 1. The van der Waals surface area contributed by atoms with E-state index in [0.717, 1.165) is 39.9 Å². The Kier molecular flexibility index (Phi) is 8.76.